The van der Waals surface area contributed by atoms with Gasteiger partial charge in [-0.25, -0.2) is 4.21 Å². The van der Waals surface area contributed by atoms with Crippen molar-refractivity contribution in [3.8, 4) is 5.75 Å². The summed E-state index contributed by atoms with van der Waals surface area (Å²) in [6, 6.07) is 6.48. The van der Waals surface area contributed by atoms with Crippen LogP contribution in [0.2, 0.25) is 0 Å². The molecule has 0 saturated heterocycles. The average molecular weight is 212 g/mol. The summed E-state index contributed by atoms with van der Waals surface area (Å²) in [4.78, 5) is 0.351. The predicted molar refractivity (Wildman–Crippen MR) is 49.2 cm³/mol. The second-order valence-electron chi connectivity index (χ2n) is 1.93. The molecule has 1 aromatic rings. The van der Waals surface area contributed by atoms with Gasteiger partial charge < -0.3 is 9.29 Å². The Morgan fingerprint density at radius 1 is 1.50 bits per heavy atom. The minimum atomic E-state index is -1.92. The number of rotatable bonds is 2. The summed E-state index contributed by atoms with van der Waals surface area (Å²) in [5, 5.41) is 0. The molecule has 0 saturated carbocycles. The van der Waals surface area contributed by atoms with Crippen LogP contribution in [0.15, 0.2) is 29.2 Å². The summed E-state index contributed by atoms with van der Waals surface area (Å²) in [5.74, 6) is 0.588. The SMILES string of the molecule is COc1cccc(S(=O)O)c1.[KH]. The molecule has 0 heterocycles. The zero-order chi connectivity index (χ0) is 8.27. The van der Waals surface area contributed by atoms with E-state index in [1.807, 2.05) is 0 Å². The van der Waals surface area contributed by atoms with E-state index in [1.54, 1.807) is 18.2 Å². The Kier molecular flexibility index (Phi) is 6.65. The molecule has 62 valence electrons. The molecule has 5 heteroatoms. The molecule has 0 aliphatic carbocycles. The van der Waals surface area contributed by atoms with Crippen molar-refractivity contribution in [2.24, 2.45) is 0 Å². The molecule has 1 aromatic carbocycles. The van der Waals surface area contributed by atoms with E-state index in [4.69, 9.17) is 9.29 Å². The van der Waals surface area contributed by atoms with Crippen LogP contribution in [0.1, 0.15) is 0 Å². The van der Waals surface area contributed by atoms with Gasteiger partial charge in [-0.2, -0.15) is 0 Å². The molecular formula is C7H9KO3S. The monoisotopic (exact) mass is 212 g/mol. The molecule has 0 aromatic heterocycles. The topological polar surface area (TPSA) is 46.5 Å². The number of hydrogen-bond donors (Lipinski definition) is 1. The van der Waals surface area contributed by atoms with Crippen LogP contribution in [-0.4, -0.2) is 67.3 Å². The van der Waals surface area contributed by atoms with Crippen LogP contribution >= 0.6 is 0 Å². The molecule has 0 fully saturated rings. The molecule has 0 amide bonds. The van der Waals surface area contributed by atoms with E-state index in [9.17, 15) is 4.21 Å². The summed E-state index contributed by atoms with van der Waals surface area (Å²) >= 11 is -1.92. The molecule has 0 aliphatic heterocycles. The Labute approximate surface area is 116 Å². The fraction of sp³-hybridized carbons (Fsp3) is 0.143. The summed E-state index contributed by atoms with van der Waals surface area (Å²) < 4.78 is 24.0. The first-order chi connectivity index (χ1) is 5.24. The van der Waals surface area contributed by atoms with Crippen molar-refractivity contribution >= 4 is 62.5 Å². The molecule has 12 heavy (non-hydrogen) atoms. The van der Waals surface area contributed by atoms with Crippen LogP contribution in [-0.2, 0) is 11.1 Å². The fourth-order valence-corrected chi connectivity index (χ4v) is 1.12. The van der Waals surface area contributed by atoms with Crippen LogP contribution in [0.25, 0.3) is 0 Å². The summed E-state index contributed by atoms with van der Waals surface area (Å²) in [7, 11) is 1.51. The fourth-order valence-electron chi connectivity index (χ4n) is 0.710. The van der Waals surface area contributed by atoms with Crippen LogP contribution in [0.5, 0.6) is 5.75 Å². The molecule has 0 aliphatic rings. The van der Waals surface area contributed by atoms with Crippen molar-refractivity contribution in [3.05, 3.63) is 24.3 Å². The van der Waals surface area contributed by atoms with E-state index in [-0.39, 0.29) is 51.4 Å². The Bertz CT molecular complexity index is 277. The summed E-state index contributed by atoms with van der Waals surface area (Å²) in [5.41, 5.74) is 0. The van der Waals surface area contributed by atoms with Gasteiger partial charge in [0, 0.05) is 0 Å². The Hall–Kier alpha value is 0.766. The minimum absolute atomic E-state index is 0. The quantitative estimate of drug-likeness (QED) is 0.577. The third kappa shape index (κ3) is 3.65. The third-order valence-electron chi connectivity index (χ3n) is 1.24. The summed E-state index contributed by atoms with van der Waals surface area (Å²) in [6.07, 6.45) is 0. The van der Waals surface area contributed by atoms with Crippen LogP contribution in [0.4, 0.5) is 0 Å². The Morgan fingerprint density at radius 3 is 2.67 bits per heavy atom. The van der Waals surface area contributed by atoms with Gasteiger partial charge >= 0.3 is 51.4 Å². The molecule has 1 atom stereocenters. The van der Waals surface area contributed by atoms with Crippen molar-refractivity contribution in [1.29, 1.82) is 0 Å². The number of benzene rings is 1. The zero-order valence-electron chi connectivity index (χ0n) is 5.98. The van der Waals surface area contributed by atoms with Crippen LogP contribution < -0.4 is 4.74 Å². The van der Waals surface area contributed by atoms with Gasteiger partial charge in [-0.05, 0) is 18.2 Å². The Morgan fingerprint density at radius 2 is 2.17 bits per heavy atom. The second-order valence-corrected chi connectivity index (χ2v) is 2.90. The molecule has 3 nitrogen and oxygen atoms in total. The maximum absolute atomic E-state index is 10.5. The van der Waals surface area contributed by atoms with E-state index in [0.29, 0.717) is 10.6 Å². The van der Waals surface area contributed by atoms with Crippen molar-refractivity contribution in [3.63, 3.8) is 0 Å². The zero-order valence-corrected chi connectivity index (χ0v) is 6.80. The molecule has 0 radical (unpaired) electrons. The van der Waals surface area contributed by atoms with Gasteiger partial charge in [0.05, 0.1) is 12.0 Å². The molecule has 1 N–H and O–H groups in total. The van der Waals surface area contributed by atoms with Gasteiger partial charge in [0.1, 0.15) is 5.75 Å². The number of hydrogen-bond acceptors (Lipinski definition) is 2. The molecule has 1 unspecified atom stereocenters. The van der Waals surface area contributed by atoms with Crippen molar-refractivity contribution in [1.82, 2.24) is 0 Å². The van der Waals surface area contributed by atoms with Gasteiger partial charge in [0.15, 0.2) is 11.1 Å². The molecular weight excluding hydrogens is 203 g/mol. The van der Waals surface area contributed by atoms with Gasteiger partial charge in [0.2, 0.25) is 0 Å². The van der Waals surface area contributed by atoms with Gasteiger partial charge in [-0.1, -0.05) is 6.07 Å². The van der Waals surface area contributed by atoms with Crippen molar-refractivity contribution in [2.75, 3.05) is 7.11 Å². The first-order valence-electron chi connectivity index (χ1n) is 2.99. The number of methoxy groups -OCH3 is 1. The van der Waals surface area contributed by atoms with Crippen molar-refractivity contribution in [2.45, 2.75) is 4.90 Å². The first kappa shape index (κ1) is 12.8. The van der Waals surface area contributed by atoms with E-state index in [0.717, 1.165) is 0 Å². The van der Waals surface area contributed by atoms with Crippen LogP contribution in [0, 0.1) is 0 Å². The third-order valence-corrected chi connectivity index (χ3v) is 1.90. The second kappa shape index (κ2) is 6.26. The van der Waals surface area contributed by atoms with E-state index < -0.39 is 11.1 Å². The van der Waals surface area contributed by atoms with Crippen LogP contribution in [0.3, 0.4) is 0 Å². The molecule has 0 bridgehead atoms. The average Bonchev–Trinajstić information content (AvgIpc) is 2.05. The standard InChI is InChI=1S/C7H8O3S.K.H/c1-10-6-3-2-4-7(5-6)11(8)9;;/h2-5H,1H3,(H,8,9);;. The first-order valence-corrected chi connectivity index (χ1v) is 4.09. The molecule has 1 rings (SSSR count). The normalized spacial score (nSPS) is 11.5. The van der Waals surface area contributed by atoms with E-state index in [2.05, 4.69) is 0 Å². The Balaban J connectivity index is 0.00000121. The van der Waals surface area contributed by atoms with Gasteiger partial charge in [-0.15, -0.1) is 0 Å². The molecule has 0 spiro atoms. The van der Waals surface area contributed by atoms with Crippen molar-refractivity contribution < 1.29 is 13.5 Å². The summed E-state index contributed by atoms with van der Waals surface area (Å²) in [6.45, 7) is 0. The maximum atomic E-state index is 10.5. The van der Waals surface area contributed by atoms with Gasteiger partial charge in [0.25, 0.3) is 0 Å². The predicted octanol–water partition coefficient (Wildman–Crippen LogP) is 0.627. The van der Waals surface area contributed by atoms with Gasteiger partial charge in [-0.3, -0.25) is 0 Å². The number of ether oxygens (including phenoxy) is 1. The van der Waals surface area contributed by atoms with E-state index >= 15 is 0 Å². The van der Waals surface area contributed by atoms with E-state index in [1.165, 1.54) is 13.2 Å².